The van der Waals surface area contributed by atoms with Crippen LogP contribution in [0.1, 0.15) is 37.8 Å². The molecule has 2 amide bonds. The first kappa shape index (κ1) is 39.3. The van der Waals surface area contributed by atoms with Crippen LogP contribution in [-0.4, -0.2) is 71.2 Å². The third kappa shape index (κ3) is 26.8. The molecule has 42 heavy (non-hydrogen) atoms. The van der Waals surface area contributed by atoms with E-state index in [9.17, 15) is 28.8 Å². The van der Waals surface area contributed by atoms with Gasteiger partial charge in [0.15, 0.2) is 0 Å². The third-order valence-electron chi connectivity index (χ3n) is 4.55. The molecule has 0 fully saturated rings. The summed E-state index contributed by atoms with van der Waals surface area (Å²) in [5.41, 5.74) is 21.5. The Kier molecular flexibility index (Phi) is 22.5. The molecule has 10 N–H and O–H groups in total. The van der Waals surface area contributed by atoms with Crippen molar-refractivity contribution in [3.8, 4) is 0 Å². The van der Waals surface area contributed by atoms with Gasteiger partial charge in [0.05, 0.1) is 26.1 Å². The predicted molar refractivity (Wildman–Crippen MR) is 152 cm³/mol. The molecule has 232 valence electrons. The Hall–Kier alpha value is -4.82. The van der Waals surface area contributed by atoms with Gasteiger partial charge in [-0.25, -0.2) is 0 Å². The number of ether oxygens (including phenoxy) is 2. The van der Waals surface area contributed by atoms with E-state index in [4.69, 9.17) is 31.2 Å². The zero-order valence-corrected chi connectivity index (χ0v) is 23.6. The summed E-state index contributed by atoms with van der Waals surface area (Å²) in [6.45, 7) is 3.79. The average molecular weight is 593 g/mol. The molecule has 0 saturated carbocycles. The number of hydrogen-bond donors (Lipinski definition) is 6. The van der Waals surface area contributed by atoms with Crippen molar-refractivity contribution < 1.29 is 48.5 Å². The Balaban J connectivity index is 0. The second-order valence-electron chi connectivity index (χ2n) is 8.38. The predicted octanol–water partition coefficient (Wildman–Crippen LogP) is 0.132. The number of carbonyl (C=O) groups excluding carboxylic acids is 4. The molecule has 0 heterocycles. The first-order chi connectivity index (χ1) is 19.6. The molecule has 2 atom stereocenters. The van der Waals surface area contributed by atoms with Crippen LogP contribution in [0.15, 0.2) is 60.7 Å². The van der Waals surface area contributed by atoms with E-state index < -0.39 is 35.8 Å². The van der Waals surface area contributed by atoms with Gasteiger partial charge in [-0.1, -0.05) is 60.7 Å². The molecule has 0 spiro atoms. The highest BCUT2D eigenvalue weighted by Gasteiger charge is 2.13. The van der Waals surface area contributed by atoms with Gasteiger partial charge in [-0.2, -0.15) is 0 Å². The lowest BCUT2D eigenvalue weighted by Gasteiger charge is -2.00. The van der Waals surface area contributed by atoms with Gasteiger partial charge >= 0.3 is 23.9 Å². The average Bonchev–Trinajstić information content (AvgIpc) is 2.90. The van der Waals surface area contributed by atoms with E-state index in [0.717, 1.165) is 12.8 Å². The van der Waals surface area contributed by atoms with E-state index in [1.165, 1.54) is 25.0 Å². The van der Waals surface area contributed by atoms with E-state index in [-0.39, 0.29) is 24.8 Å². The highest BCUT2D eigenvalue weighted by molar-refractivity contribution is 5.83. The number of rotatable bonds is 12. The van der Waals surface area contributed by atoms with E-state index in [1.54, 1.807) is 0 Å². The zero-order chi connectivity index (χ0) is 32.5. The number of carboxylic acid groups (broad SMARTS) is 2. The van der Waals surface area contributed by atoms with E-state index >= 15 is 0 Å². The van der Waals surface area contributed by atoms with Crippen LogP contribution in [0.4, 0.5) is 0 Å². The summed E-state index contributed by atoms with van der Waals surface area (Å²) in [6, 6.07) is 17.6. The van der Waals surface area contributed by atoms with Crippen LogP contribution in [0.3, 0.4) is 0 Å². The molecular formula is C28H40N4O10. The number of carboxylic acids is 2. The lowest BCUT2D eigenvalue weighted by Crippen LogP contribution is -2.34. The first-order valence-corrected chi connectivity index (χ1v) is 12.5. The minimum atomic E-state index is -1.21. The monoisotopic (exact) mass is 592 g/mol. The summed E-state index contributed by atoms with van der Waals surface area (Å²) in [6.07, 6.45) is 0.964. The van der Waals surface area contributed by atoms with E-state index in [1.807, 2.05) is 60.7 Å². The molecule has 2 rings (SSSR count). The van der Waals surface area contributed by atoms with Crippen LogP contribution in [0.25, 0.3) is 0 Å². The molecule has 2 aromatic rings. The molecule has 2 aromatic carbocycles. The summed E-state index contributed by atoms with van der Waals surface area (Å²) in [4.78, 5) is 60.6. The Labute approximate surface area is 243 Å². The van der Waals surface area contributed by atoms with Crippen LogP contribution in [0.5, 0.6) is 0 Å². The lowest BCUT2D eigenvalue weighted by atomic mass is 10.2. The second kappa shape index (κ2) is 24.0. The van der Waals surface area contributed by atoms with Crippen molar-refractivity contribution in [3.63, 3.8) is 0 Å². The molecule has 0 aromatic heterocycles. The molecule has 0 saturated heterocycles. The van der Waals surface area contributed by atoms with Gasteiger partial charge in [0.2, 0.25) is 11.8 Å². The first-order valence-electron chi connectivity index (χ1n) is 12.5. The van der Waals surface area contributed by atoms with Gasteiger partial charge in [-0.3, -0.25) is 28.8 Å². The molecule has 0 radical (unpaired) electrons. The maximum absolute atomic E-state index is 10.4. The van der Waals surface area contributed by atoms with Crippen LogP contribution >= 0.6 is 0 Å². The fourth-order valence-electron chi connectivity index (χ4n) is 2.52. The Morgan fingerprint density at radius 2 is 0.905 bits per heavy atom. The van der Waals surface area contributed by atoms with Crippen molar-refractivity contribution in [1.82, 2.24) is 0 Å². The van der Waals surface area contributed by atoms with E-state index in [2.05, 4.69) is 11.5 Å². The van der Waals surface area contributed by atoms with Gasteiger partial charge in [0.25, 0.3) is 0 Å². The molecule has 0 aliphatic carbocycles. The Morgan fingerprint density at radius 3 is 1.10 bits per heavy atom. The zero-order valence-electron chi connectivity index (χ0n) is 23.6. The van der Waals surface area contributed by atoms with Crippen LogP contribution in [0.2, 0.25) is 0 Å². The summed E-state index contributed by atoms with van der Waals surface area (Å²) in [7, 11) is 0. The van der Waals surface area contributed by atoms with Crippen molar-refractivity contribution in [2.24, 2.45) is 22.9 Å². The number of nitrogens with two attached hydrogens (primary N) is 4. The summed E-state index contributed by atoms with van der Waals surface area (Å²) >= 11 is 0. The van der Waals surface area contributed by atoms with E-state index in [0.29, 0.717) is 13.2 Å². The van der Waals surface area contributed by atoms with Crippen LogP contribution in [-0.2, 0) is 51.1 Å². The number of primary amides is 2. The fourth-order valence-corrected chi connectivity index (χ4v) is 2.52. The van der Waals surface area contributed by atoms with Gasteiger partial charge < -0.3 is 42.6 Å². The minimum absolute atomic E-state index is 0.217. The summed E-state index contributed by atoms with van der Waals surface area (Å²) in [5, 5.41) is 16.2. The number of hydrogen-bond acceptors (Lipinski definition) is 10. The molecule has 0 aliphatic heterocycles. The van der Waals surface area contributed by atoms with Crippen LogP contribution < -0.4 is 22.9 Å². The second-order valence-corrected chi connectivity index (χ2v) is 8.38. The fraction of sp³-hybridized carbons (Fsp3) is 0.357. The Bertz CT molecular complexity index is 1010. The highest BCUT2D eigenvalue weighted by Crippen LogP contribution is 2.00. The quantitative estimate of drug-likeness (QED) is 0.180. The standard InChI is InChI=1S/2C10H12O2.2C4H8N2O3/c2*1-9(11)12-8-7-10-5-3-2-4-6-10;2*5-2(4(8)9)1-3(6)7/h2*2-6H,7-8H2,1H3;2*2H,1,5H2,(H2,6,7)(H,8,9)/t;;2*2-/m..00/s1. The van der Waals surface area contributed by atoms with Crippen molar-refractivity contribution >= 4 is 35.7 Å². The van der Waals surface area contributed by atoms with Gasteiger partial charge in [-0.15, -0.1) is 0 Å². The van der Waals surface area contributed by atoms with Crippen LogP contribution in [0, 0.1) is 0 Å². The van der Waals surface area contributed by atoms with Crippen molar-refractivity contribution in [2.75, 3.05) is 13.2 Å². The molecule has 14 nitrogen and oxygen atoms in total. The SMILES string of the molecule is CC(=O)OCCc1ccccc1.CC(=O)OCCc1ccccc1.NC(=O)C[C@H](N)C(=O)O.NC(=O)C[C@H](N)C(=O)O. The molecule has 0 unspecified atom stereocenters. The third-order valence-corrected chi connectivity index (χ3v) is 4.55. The number of esters is 2. The number of carbonyl (C=O) groups is 6. The maximum Gasteiger partial charge on any atom is 0.321 e. The minimum Gasteiger partial charge on any atom is -0.480 e. The number of benzene rings is 2. The highest BCUT2D eigenvalue weighted by atomic mass is 16.5. The van der Waals surface area contributed by atoms with Crippen molar-refractivity contribution in [2.45, 2.75) is 51.6 Å². The normalized spacial score (nSPS) is 10.8. The molecule has 0 aliphatic rings. The number of amides is 2. The number of aliphatic carboxylic acids is 2. The van der Waals surface area contributed by atoms with Crippen molar-refractivity contribution in [1.29, 1.82) is 0 Å². The maximum atomic E-state index is 10.4. The smallest absolute Gasteiger partial charge is 0.321 e. The van der Waals surface area contributed by atoms with Gasteiger partial charge in [0, 0.05) is 26.7 Å². The topological polar surface area (TPSA) is 265 Å². The Morgan fingerprint density at radius 1 is 0.619 bits per heavy atom. The molecule has 0 bridgehead atoms. The summed E-state index contributed by atoms with van der Waals surface area (Å²) in [5.74, 6) is -4.27. The van der Waals surface area contributed by atoms with Crippen molar-refractivity contribution in [3.05, 3.63) is 71.8 Å². The largest absolute Gasteiger partial charge is 0.480 e. The van der Waals surface area contributed by atoms with Gasteiger partial charge in [-0.05, 0) is 11.1 Å². The summed E-state index contributed by atoms with van der Waals surface area (Å²) < 4.78 is 9.61. The lowest BCUT2D eigenvalue weighted by molar-refractivity contribution is -0.141. The molecular weight excluding hydrogens is 552 g/mol. The van der Waals surface area contributed by atoms with Gasteiger partial charge in [0.1, 0.15) is 12.1 Å². The molecule has 14 heteroatoms.